The fraction of sp³-hybridized carbons (Fsp3) is 0.733. The van der Waals surface area contributed by atoms with Gasteiger partial charge in [-0.25, -0.2) is 9.86 Å². The largest absolute Gasteiger partial charge is 0.453 e. The molecule has 0 radical (unpaired) electrons. The third kappa shape index (κ3) is 24.5. The van der Waals surface area contributed by atoms with E-state index in [0.717, 1.165) is 10.6 Å². The zero-order chi connectivity index (χ0) is 76.3. The van der Waals surface area contributed by atoms with Gasteiger partial charge < -0.3 is 35.0 Å². The van der Waals surface area contributed by atoms with Crippen molar-refractivity contribution in [3.63, 3.8) is 0 Å². The van der Waals surface area contributed by atoms with Gasteiger partial charge in [0.25, 0.3) is 16.0 Å². The Morgan fingerprint density at radius 2 is 1.19 bits per heavy atom. The van der Waals surface area contributed by atoms with E-state index < -0.39 is 182 Å². The van der Waals surface area contributed by atoms with E-state index in [9.17, 15) is 46.8 Å². The van der Waals surface area contributed by atoms with Crippen molar-refractivity contribution in [3.05, 3.63) is 42.0 Å². The van der Waals surface area contributed by atoms with Crippen LogP contribution in [0.3, 0.4) is 0 Å². The summed E-state index contributed by atoms with van der Waals surface area (Å²) in [6.07, 6.45) is 1.11. The first kappa shape index (κ1) is 87.5. The molecular weight excluding hydrogens is 1300 g/mol. The molecule has 0 saturated carbocycles. The lowest BCUT2D eigenvalue weighted by atomic mass is 9.70. The predicted molar refractivity (Wildman–Crippen MR) is 381 cm³/mol. The molecule has 564 valence electrons. The normalized spacial score (nSPS) is 26.5. The van der Waals surface area contributed by atoms with Crippen molar-refractivity contribution in [2.45, 2.75) is 243 Å². The Bertz CT molecular complexity index is 3160. The summed E-state index contributed by atoms with van der Waals surface area (Å²) in [7, 11) is 3.05. The molecule has 0 aromatic heterocycles. The first-order chi connectivity index (χ1) is 46.3. The number of allylic oxidation sites excluding steroid dienone is 1. The van der Waals surface area contributed by atoms with Crippen molar-refractivity contribution in [1.82, 2.24) is 35.3 Å². The van der Waals surface area contributed by atoms with Gasteiger partial charge in [-0.15, -0.1) is 0 Å². The number of ether oxygens (including phenoxy) is 1. The lowest BCUT2D eigenvalue weighted by Crippen LogP contribution is -2.71. The highest BCUT2D eigenvalue weighted by molar-refractivity contribution is 7.86. The van der Waals surface area contributed by atoms with Crippen LogP contribution in [0.15, 0.2) is 41.3 Å². The summed E-state index contributed by atoms with van der Waals surface area (Å²) < 4.78 is 36.0. The summed E-state index contributed by atoms with van der Waals surface area (Å²) in [6.45, 7) is 31.3. The molecule has 2 N–H and O–H groups in total. The molecule has 2 aliphatic rings. The van der Waals surface area contributed by atoms with Crippen LogP contribution in [-0.2, 0) is 76.6 Å². The van der Waals surface area contributed by atoms with Crippen LogP contribution in [0.4, 0.5) is 4.79 Å². The van der Waals surface area contributed by atoms with E-state index in [1.165, 1.54) is 87.8 Å². The smallest absolute Gasteiger partial charge is 0.409 e. The summed E-state index contributed by atoms with van der Waals surface area (Å²) in [5.74, 6) is -13.3. The minimum atomic E-state index is -4.03. The van der Waals surface area contributed by atoms with E-state index in [-0.39, 0.29) is 100 Å². The molecule has 24 nitrogen and oxygen atoms in total. The van der Waals surface area contributed by atoms with Crippen LogP contribution in [0.1, 0.15) is 194 Å². The van der Waals surface area contributed by atoms with Gasteiger partial charge in [-0.1, -0.05) is 141 Å². The Morgan fingerprint density at radius 3 is 1.71 bits per heavy atom. The summed E-state index contributed by atoms with van der Waals surface area (Å²) in [5, 5.41) is 6.51. The number of benzene rings is 1. The number of aryl methyl sites for hydroxylation is 1. The predicted octanol–water partition coefficient (Wildman–Crippen LogP) is 9.17. The first-order valence-electron chi connectivity index (χ1n) is 35.8. The van der Waals surface area contributed by atoms with Crippen LogP contribution in [0.2, 0.25) is 0 Å². The number of nitrogens with one attached hydrogen (secondary N) is 2. The zero-order valence-electron chi connectivity index (χ0n) is 64.1. The molecule has 1 unspecified atom stereocenters. The SMILES string of the molecule is CC[C@@H]1NC(=O)[C@@H]2C([C@H](C)CC=CCCOS(=O)(=O)c3ccc(C)cc3)ON2C(=O)[C@H](C(C)C)N(C)C(=O)[C@H](CC(C)C)CC(=O)[C@H](CC(C)C)N(C)C(=O)[C@@H](C)NC(=O)[C@H](C)CC(=O)[C@H](CC(C)C)N(C)C(=O)[C@H](C(C)C)CC(=O)[C@H](C(C)(C)CN(C)C(=O)OC)CC(=O)[C@@H](C)CC1=O. The van der Waals surface area contributed by atoms with Gasteiger partial charge >= 0.3 is 6.09 Å². The van der Waals surface area contributed by atoms with Crippen LogP contribution in [-0.4, -0.2) is 194 Å². The molecule has 2 fully saturated rings. The molecule has 7 amide bonds. The van der Waals surface area contributed by atoms with E-state index in [4.69, 9.17) is 13.8 Å². The molecule has 100 heavy (non-hydrogen) atoms. The second-order valence-corrected chi connectivity index (χ2v) is 32.6. The number of Topliss-reactive ketones (excluding diaryl/α,β-unsaturated/α-hetero) is 5. The third-order valence-electron chi connectivity index (χ3n) is 19.6. The number of hydrogen-bond donors (Lipinski definition) is 2. The van der Waals surface area contributed by atoms with Gasteiger partial charge in [-0.2, -0.15) is 8.42 Å². The molecule has 0 bridgehead atoms. The summed E-state index contributed by atoms with van der Waals surface area (Å²) in [4.78, 5) is 187. The summed E-state index contributed by atoms with van der Waals surface area (Å²) >= 11 is 0. The summed E-state index contributed by atoms with van der Waals surface area (Å²) in [5.41, 5.74) is -0.265. The lowest BCUT2D eigenvalue weighted by molar-refractivity contribution is -0.321. The fourth-order valence-electron chi connectivity index (χ4n) is 13.5. The zero-order valence-corrected chi connectivity index (χ0v) is 64.9. The Hall–Kier alpha value is -6.73. The van der Waals surface area contributed by atoms with Gasteiger partial charge in [0.1, 0.15) is 29.8 Å². The second-order valence-electron chi connectivity index (χ2n) is 31.0. The number of likely N-dealkylation sites (N-methyl/N-ethyl adjacent to an activating group) is 3. The molecule has 2 aliphatic heterocycles. The standard InChI is InChI=1S/C75H121N7O17S/c1-24-57-62(85)37-50(14)60(83)41-56(75(17,18)42-78(19)74(94)97-23)61(84)40-55(46(8)9)72(92)80(21)58(35-44(4)5)63(86)38-51(15)68(88)76-52(16)70(90)79(20)59(36-45(6)7)64(87)39-53(34-43(2)3)71(91)81(22)65(47(10)11)73(93)82-66(69(89)77-57)67(99-82)49(13)28-26-25-27-33-98-100(95,96)54-31-29-48(12)30-32-54/h25-26,29-32,43-47,49-53,55-59,65-67H,24,27-28,33-42H2,1-23H3,(H,76,88)(H,77,89)/t49-,50+,51-,52-,53-,55+,56-,57+,58+,59+,65+,66+,67?/m1/s1. The Morgan fingerprint density at radius 1 is 0.650 bits per heavy atom. The maximum absolute atomic E-state index is 15.3. The van der Waals surface area contributed by atoms with Gasteiger partial charge in [0.05, 0.1) is 36.7 Å². The molecule has 25 heteroatoms. The molecule has 3 rings (SSSR count). The Kier molecular flexibility index (Phi) is 34.2. The van der Waals surface area contributed by atoms with Crippen molar-refractivity contribution in [1.29, 1.82) is 0 Å². The monoisotopic (exact) mass is 1420 g/mol. The van der Waals surface area contributed by atoms with E-state index >= 15 is 19.2 Å². The van der Waals surface area contributed by atoms with Gasteiger partial charge in [0.15, 0.2) is 23.4 Å². The fourth-order valence-corrected chi connectivity index (χ4v) is 14.4. The highest BCUT2D eigenvalue weighted by Crippen LogP contribution is 2.38. The number of rotatable bonds is 20. The van der Waals surface area contributed by atoms with Crippen LogP contribution in [0.5, 0.6) is 0 Å². The first-order valence-corrected chi connectivity index (χ1v) is 37.2. The van der Waals surface area contributed by atoms with Crippen LogP contribution < -0.4 is 10.6 Å². The Labute approximate surface area is 596 Å². The van der Waals surface area contributed by atoms with Crippen molar-refractivity contribution < 1.29 is 79.7 Å². The maximum atomic E-state index is 15.3. The van der Waals surface area contributed by atoms with E-state index in [1.807, 2.05) is 48.5 Å². The molecule has 2 saturated heterocycles. The average molecular weight is 1420 g/mol. The highest BCUT2D eigenvalue weighted by atomic mass is 32.2. The van der Waals surface area contributed by atoms with Gasteiger partial charge in [-0.3, -0.25) is 61.8 Å². The number of methoxy groups -OCH3 is 1. The molecule has 13 atom stereocenters. The minimum Gasteiger partial charge on any atom is -0.453 e. The van der Waals surface area contributed by atoms with Gasteiger partial charge in [0, 0.05) is 96.4 Å². The number of amides is 7. The Balaban J connectivity index is 2.26. The van der Waals surface area contributed by atoms with E-state index in [0.29, 0.717) is 0 Å². The molecule has 0 spiro atoms. The maximum Gasteiger partial charge on any atom is 0.409 e. The molecule has 1 aromatic rings. The third-order valence-corrected chi connectivity index (χ3v) is 20.9. The quantitative estimate of drug-likeness (QED) is 0.0698. The van der Waals surface area contributed by atoms with Gasteiger partial charge in [0.2, 0.25) is 29.5 Å². The molecular formula is C75H121N7O17S. The average Bonchev–Trinajstić information content (AvgIpc) is 0.755. The van der Waals surface area contributed by atoms with Crippen LogP contribution in [0.25, 0.3) is 0 Å². The van der Waals surface area contributed by atoms with Gasteiger partial charge in [-0.05, 0) is 105 Å². The van der Waals surface area contributed by atoms with Crippen molar-refractivity contribution in [2.75, 3.05) is 48.5 Å². The summed E-state index contributed by atoms with van der Waals surface area (Å²) in [6, 6.07) is -0.878. The number of ketones is 5. The number of fused-ring (bicyclic) bond motifs is 1. The highest BCUT2D eigenvalue weighted by Gasteiger charge is 2.54. The van der Waals surface area contributed by atoms with E-state index in [1.54, 1.807) is 79.7 Å². The van der Waals surface area contributed by atoms with E-state index in [2.05, 4.69) is 10.6 Å². The van der Waals surface area contributed by atoms with Crippen LogP contribution in [0, 0.1) is 77.4 Å². The number of hydroxylamine groups is 2. The molecule has 0 aliphatic carbocycles. The topological polar surface area (TPSA) is 307 Å². The number of carbonyl (C=O) groups excluding carboxylic acids is 12. The molecule has 2 heterocycles. The second kappa shape index (κ2) is 39.1. The number of carbonyl (C=O) groups is 12. The van der Waals surface area contributed by atoms with Crippen molar-refractivity contribution in [3.8, 4) is 0 Å². The molecule has 1 aromatic carbocycles. The minimum absolute atomic E-state index is 0.0159. The number of hydrogen-bond acceptors (Lipinski definition) is 17. The van der Waals surface area contributed by atoms with Crippen molar-refractivity contribution in [2.24, 2.45) is 70.5 Å². The number of nitrogens with zero attached hydrogens (tertiary/aromatic N) is 5. The lowest BCUT2D eigenvalue weighted by Gasteiger charge is -2.50. The van der Waals surface area contributed by atoms with Crippen LogP contribution >= 0.6 is 0 Å². The van der Waals surface area contributed by atoms with Crippen molar-refractivity contribution >= 4 is 80.6 Å².